The Hall–Kier alpha value is -2.34. The molecule has 1 amide bonds. The zero-order valence-electron chi connectivity index (χ0n) is 16.2. The van der Waals surface area contributed by atoms with E-state index in [-0.39, 0.29) is 17.9 Å². The van der Waals surface area contributed by atoms with Crippen molar-refractivity contribution < 1.29 is 19.1 Å². The summed E-state index contributed by atoms with van der Waals surface area (Å²) in [5.41, 5.74) is 3.99. The number of rotatable bonds is 5. The highest BCUT2D eigenvalue weighted by molar-refractivity contribution is 9.09. The van der Waals surface area contributed by atoms with Crippen LogP contribution in [0.5, 0.6) is 0 Å². The van der Waals surface area contributed by atoms with Gasteiger partial charge < -0.3 is 14.8 Å². The minimum absolute atomic E-state index is 0.0258. The second-order valence-corrected chi connectivity index (χ2v) is 8.36. The average molecular weight is 446 g/mol. The molecule has 1 aliphatic rings. The van der Waals surface area contributed by atoms with E-state index in [1.807, 2.05) is 24.3 Å². The Morgan fingerprint density at radius 3 is 2.07 bits per heavy atom. The summed E-state index contributed by atoms with van der Waals surface area (Å²) in [5.74, 6) is -0.528. The molecule has 148 valence electrons. The Morgan fingerprint density at radius 2 is 1.57 bits per heavy atom. The van der Waals surface area contributed by atoms with Crippen molar-refractivity contribution in [2.45, 2.75) is 38.3 Å². The van der Waals surface area contributed by atoms with E-state index in [0.29, 0.717) is 0 Å². The summed E-state index contributed by atoms with van der Waals surface area (Å²) in [5, 5.41) is 2.82. The molecule has 0 spiro atoms. The molecule has 0 saturated carbocycles. The molecule has 0 bridgehead atoms. The van der Waals surface area contributed by atoms with Crippen LogP contribution in [0.25, 0.3) is 11.1 Å². The molecule has 1 aliphatic carbocycles. The van der Waals surface area contributed by atoms with Gasteiger partial charge >= 0.3 is 12.1 Å². The summed E-state index contributed by atoms with van der Waals surface area (Å²) < 4.78 is 10.8. The molecule has 1 atom stereocenters. The maximum absolute atomic E-state index is 12.3. The molecule has 28 heavy (non-hydrogen) atoms. The van der Waals surface area contributed by atoms with Gasteiger partial charge in [-0.05, 0) is 43.0 Å². The van der Waals surface area contributed by atoms with Crippen molar-refractivity contribution in [3.8, 4) is 11.1 Å². The van der Waals surface area contributed by atoms with Crippen molar-refractivity contribution in [1.29, 1.82) is 0 Å². The largest absolute Gasteiger partial charge is 0.458 e. The number of benzene rings is 2. The topological polar surface area (TPSA) is 64.6 Å². The third-order valence-electron chi connectivity index (χ3n) is 4.48. The third-order valence-corrected chi connectivity index (χ3v) is 5.13. The van der Waals surface area contributed by atoms with Crippen LogP contribution in [0, 0.1) is 0 Å². The monoisotopic (exact) mass is 445 g/mol. The van der Waals surface area contributed by atoms with Gasteiger partial charge in [-0.1, -0.05) is 64.5 Å². The number of amides is 1. The highest BCUT2D eigenvalue weighted by Crippen LogP contribution is 2.44. The lowest BCUT2D eigenvalue weighted by molar-refractivity contribution is -0.156. The third kappa shape index (κ3) is 4.55. The molecule has 2 aromatic carbocycles. The van der Waals surface area contributed by atoms with Crippen LogP contribution in [-0.2, 0) is 14.3 Å². The summed E-state index contributed by atoms with van der Waals surface area (Å²) in [6, 6.07) is 15.5. The highest BCUT2D eigenvalue weighted by atomic mass is 79.9. The van der Waals surface area contributed by atoms with Crippen LogP contribution in [0.2, 0.25) is 0 Å². The first-order valence-corrected chi connectivity index (χ1v) is 10.3. The Balaban J connectivity index is 1.65. The van der Waals surface area contributed by atoms with Crippen LogP contribution in [0.15, 0.2) is 48.5 Å². The van der Waals surface area contributed by atoms with Crippen LogP contribution in [0.1, 0.15) is 37.8 Å². The molecular formula is C22H24BrNO4. The minimum Gasteiger partial charge on any atom is -0.458 e. The standard InChI is InChI=1S/C22H24BrNO4/c1-22(2,3)28-20(25)19(12-23)24-21(26)27-13-18-16-10-6-4-8-14(16)15-9-5-7-11-17(15)18/h4-11,18-19H,12-13H2,1-3H3,(H,24,26)/t19-/m1/s1. The number of alkyl halides is 1. The predicted octanol–water partition coefficient (Wildman–Crippen LogP) is 4.63. The Labute approximate surface area is 173 Å². The van der Waals surface area contributed by atoms with E-state index < -0.39 is 23.7 Å². The quantitative estimate of drug-likeness (QED) is 0.538. The van der Waals surface area contributed by atoms with Crippen molar-refractivity contribution in [1.82, 2.24) is 5.32 Å². The lowest BCUT2D eigenvalue weighted by Gasteiger charge is -2.23. The lowest BCUT2D eigenvalue weighted by atomic mass is 9.98. The Morgan fingerprint density at radius 1 is 1.04 bits per heavy atom. The van der Waals surface area contributed by atoms with Crippen molar-refractivity contribution in [3.05, 3.63) is 59.7 Å². The van der Waals surface area contributed by atoms with Gasteiger partial charge in [0, 0.05) is 11.2 Å². The second-order valence-electron chi connectivity index (χ2n) is 7.71. The van der Waals surface area contributed by atoms with Crippen LogP contribution in [0.4, 0.5) is 4.79 Å². The summed E-state index contributed by atoms with van der Waals surface area (Å²) in [7, 11) is 0. The van der Waals surface area contributed by atoms with E-state index in [2.05, 4.69) is 45.5 Å². The maximum atomic E-state index is 12.3. The van der Waals surface area contributed by atoms with Crippen molar-refractivity contribution in [3.63, 3.8) is 0 Å². The van der Waals surface area contributed by atoms with E-state index in [1.165, 1.54) is 11.1 Å². The van der Waals surface area contributed by atoms with E-state index in [1.54, 1.807) is 20.8 Å². The van der Waals surface area contributed by atoms with Crippen LogP contribution < -0.4 is 5.32 Å². The van der Waals surface area contributed by atoms with Crippen LogP contribution >= 0.6 is 15.9 Å². The normalized spacial score (nSPS) is 14.0. The predicted molar refractivity (Wildman–Crippen MR) is 112 cm³/mol. The number of ether oxygens (including phenoxy) is 2. The molecule has 5 nitrogen and oxygen atoms in total. The molecular weight excluding hydrogens is 422 g/mol. The van der Waals surface area contributed by atoms with E-state index in [9.17, 15) is 9.59 Å². The molecule has 0 fully saturated rings. The number of hydrogen-bond acceptors (Lipinski definition) is 4. The van der Waals surface area contributed by atoms with Crippen molar-refractivity contribution in [2.24, 2.45) is 0 Å². The molecule has 0 aliphatic heterocycles. The molecule has 0 radical (unpaired) electrons. The number of nitrogens with one attached hydrogen (secondary N) is 1. The highest BCUT2D eigenvalue weighted by Gasteiger charge is 2.30. The number of carbonyl (C=O) groups is 2. The Bertz CT molecular complexity index is 829. The zero-order chi connectivity index (χ0) is 20.3. The fourth-order valence-corrected chi connectivity index (χ4v) is 3.74. The van der Waals surface area contributed by atoms with Gasteiger partial charge in [-0.3, -0.25) is 0 Å². The Kier molecular flexibility index (Phi) is 6.08. The second kappa shape index (κ2) is 8.35. The maximum Gasteiger partial charge on any atom is 0.407 e. The molecule has 3 rings (SSSR count). The fourth-order valence-electron chi connectivity index (χ4n) is 3.32. The zero-order valence-corrected chi connectivity index (χ0v) is 17.8. The minimum atomic E-state index is -0.810. The smallest absolute Gasteiger partial charge is 0.407 e. The number of alkyl carbamates (subject to hydrolysis) is 1. The molecule has 0 heterocycles. The van der Waals surface area contributed by atoms with Gasteiger partial charge in [-0.25, -0.2) is 9.59 Å². The van der Waals surface area contributed by atoms with E-state index in [0.717, 1.165) is 11.1 Å². The molecule has 6 heteroatoms. The van der Waals surface area contributed by atoms with Gasteiger partial charge in [-0.2, -0.15) is 0 Å². The summed E-state index contributed by atoms with van der Waals surface area (Å²) in [6.45, 7) is 5.54. The first-order chi connectivity index (χ1) is 13.3. The molecule has 0 aromatic heterocycles. The summed E-state index contributed by atoms with van der Waals surface area (Å²) in [6.07, 6.45) is -0.642. The van der Waals surface area contributed by atoms with Gasteiger partial charge in [-0.15, -0.1) is 0 Å². The van der Waals surface area contributed by atoms with Crippen LogP contribution in [0.3, 0.4) is 0 Å². The van der Waals surface area contributed by atoms with E-state index in [4.69, 9.17) is 9.47 Å². The van der Waals surface area contributed by atoms with Crippen molar-refractivity contribution >= 4 is 28.0 Å². The van der Waals surface area contributed by atoms with Gasteiger partial charge in [0.15, 0.2) is 0 Å². The molecule has 0 unspecified atom stereocenters. The number of halogens is 1. The summed E-state index contributed by atoms with van der Waals surface area (Å²) >= 11 is 3.24. The molecule has 1 N–H and O–H groups in total. The number of esters is 1. The SMILES string of the molecule is CC(C)(C)OC(=O)[C@@H](CBr)NC(=O)OCC1c2ccccc2-c2ccccc21. The van der Waals surface area contributed by atoms with Gasteiger partial charge in [0.25, 0.3) is 0 Å². The van der Waals surface area contributed by atoms with Crippen molar-refractivity contribution in [2.75, 3.05) is 11.9 Å². The lowest BCUT2D eigenvalue weighted by Crippen LogP contribution is -2.45. The first kappa shape index (κ1) is 20.4. The fraction of sp³-hybridized carbons (Fsp3) is 0.364. The summed E-state index contributed by atoms with van der Waals surface area (Å²) in [4.78, 5) is 24.5. The first-order valence-electron chi connectivity index (χ1n) is 9.20. The number of hydrogen-bond donors (Lipinski definition) is 1. The number of carbonyl (C=O) groups excluding carboxylic acids is 2. The van der Waals surface area contributed by atoms with Crippen LogP contribution in [-0.4, -0.2) is 35.6 Å². The molecule has 0 saturated heterocycles. The average Bonchev–Trinajstić information content (AvgIpc) is 2.97. The number of fused-ring (bicyclic) bond motifs is 3. The van der Waals surface area contributed by atoms with Gasteiger partial charge in [0.2, 0.25) is 0 Å². The van der Waals surface area contributed by atoms with E-state index >= 15 is 0 Å². The van der Waals surface area contributed by atoms with Gasteiger partial charge in [0.1, 0.15) is 18.2 Å². The molecule has 2 aromatic rings. The van der Waals surface area contributed by atoms with Gasteiger partial charge in [0.05, 0.1) is 0 Å².